The molecule has 0 amide bonds. The van der Waals surface area contributed by atoms with Crippen molar-refractivity contribution in [3.8, 4) is 0 Å². The number of rotatable bonds is 3. The van der Waals surface area contributed by atoms with Gasteiger partial charge in [-0.3, -0.25) is 0 Å². The molecule has 0 spiro atoms. The zero-order chi connectivity index (χ0) is 16.5. The van der Waals surface area contributed by atoms with Crippen LogP contribution in [0.25, 0.3) is 10.1 Å². The Kier molecular flexibility index (Phi) is 4.24. The second kappa shape index (κ2) is 6.53. The molecular formula is C17H18ClN5S. The van der Waals surface area contributed by atoms with Crippen molar-refractivity contribution in [2.24, 2.45) is 0 Å². The number of halogens is 1. The van der Waals surface area contributed by atoms with Gasteiger partial charge < -0.3 is 9.80 Å². The monoisotopic (exact) mass is 359 g/mol. The molecule has 1 aliphatic heterocycles. The number of thiophene rings is 1. The van der Waals surface area contributed by atoms with E-state index in [1.165, 1.54) is 10.1 Å². The number of nitrogens with zero attached hydrogens (tertiary/aromatic N) is 5. The van der Waals surface area contributed by atoms with Gasteiger partial charge in [-0.1, -0.05) is 11.6 Å². The third-order valence-corrected chi connectivity index (χ3v) is 5.67. The van der Waals surface area contributed by atoms with Gasteiger partial charge in [0.25, 0.3) is 0 Å². The van der Waals surface area contributed by atoms with E-state index < -0.39 is 0 Å². The number of fused-ring (bicyclic) bond motifs is 1. The van der Waals surface area contributed by atoms with Crippen LogP contribution in [0.15, 0.2) is 36.1 Å². The Morgan fingerprint density at radius 3 is 2.67 bits per heavy atom. The smallest absolute Gasteiger partial charge is 0.225 e. The minimum Gasteiger partial charge on any atom is -0.356 e. The first-order valence-corrected chi connectivity index (χ1v) is 9.25. The number of anilines is 2. The fourth-order valence-electron chi connectivity index (χ4n) is 3.25. The van der Waals surface area contributed by atoms with Crippen molar-refractivity contribution in [1.82, 2.24) is 15.0 Å². The van der Waals surface area contributed by atoms with Crippen LogP contribution in [0.4, 0.5) is 11.8 Å². The summed E-state index contributed by atoms with van der Waals surface area (Å²) in [5, 5.41) is 3.96. The molecule has 0 atom stereocenters. The molecule has 24 heavy (non-hydrogen) atoms. The molecule has 0 aliphatic carbocycles. The van der Waals surface area contributed by atoms with Crippen molar-refractivity contribution in [2.75, 3.05) is 29.9 Å². The summed E-state index contributed by atoms with van der Waals surface area (Å²) in [5.41, 5.74) is 0. The molecule has 1 saturated heterocycles. The Morgan fingerprint density at radius 1 is 1.17 bits per heavy atom. The molecule has 4 rings (SSSR count). The van der Waals surface area contributed by atoms with E-state index in [0.29, 0.717) is 11.1 Å². The van der Waals surface area contributed by atoms with Gasteiger partial charge in [0.05, 0.1) is 17.4 Å². The molecule has 0 unspecified atom stereocenters. The summed E-state index contributed by atoms with van der Waals surface area (Å²) >= 11 is 7.64. The highest BCUT2D eigenvalue weighted by atomic mass is 35.5. The molecular weight excluding hydrogens is 342 g/mol. The Morgan fingerprint density at radius 2 is 1.92 bits per heavy atom. The highest BCUT2D eigenvalue weighted by Crippen LogP contribution is 2.31. The van der Waals surface area contributed by atoms with Gasteiger partial charge in [0, 0.05) is 42.5 Å². The topological polar surface area (TPSA) is 45.2 Å². The van der Waals surface area contributed by atoms with Crippen molar-refractivity contribution in [3.05, 3.63) is 41.1 Å². The minimum absolute atomic E-state index is 0.434. The molecule has 0 saturated carbocycles. The molecule has 1 aliphatic rings. The first kappa shape index (κ1) is 15.6. The maximum Gasteiger partial charge on any atom is 0.225 e. The van der Waals surface area contributed by atoms with Crippen LogP contribution in [-0.4, -0.2) is 41.1 Å². The van der Waals surface area contributed by atoms with Gasteiger partial charge in [-0.25, -0.2) is 15.0 Å². The quantitative estimate of drug-likeness (QED) is 0.710. The Labute approximate surface area is 149 Å². The summed E-state index contributed by atoms with van der Waals surface area (Å²) in [7, 11) is 2.06. The summed E-state index contributed by atoms with van der Waals surface area (Å²) < 4.78 is 1.30. The predicted octanol–water partition coefficient (Wildman–Crippen LogP) is 3.84. The third kappa shape index (κ3) is 2.91. The summed E-state index contributed by atoms with van der Waals surface area (Å²) in [6.07, 6.45) is 7.33. The standard InChI is InChI=1S/C17H18ClN5S/c1-22(17-20-10-12(18)11-21-17)13-3-7-23(8-4-13)16-14-5-9-24-15(14)2-6-19-16/h2,5-6,9-11,13H,3-4,7-8H2,1H3. The van der Waals surface area contributed by atoms with Gasteiger partial charge >= 0.3 is 0 Å². The van der Waals surface area contributed by atoms with Crippen LogP contribution in [0.1, 0.15) is 12.8 Å². The summed E-state index contributed by atoms with van der Waals surface area (Å²) in [6.45, 7) is 1.98. The van der Waals surface area contributed by atoms with Crippen LogP contribution in [0.3, 0.4) is 0 Å². The first-order valence-electron chi connectivity index (χ1n) is 8.00. The fraction of sp³-hybridized carbons (Fsp3) is 0.353. The molecule has 0 aromatic carbocycles. The highest BCUT2D eigenvalue weighted by Gasteiger charge is 2.25. The van der Waals surface area contributed by atoms with Crippen LogP contribution >= 0.6 is 22.9 Å². The van der Waals surface area contributed by atoms with Gasteiger partial charge in [-0.2, -0.15) is 0 Å². The predicted molar refractivity (Wildman–Crippen MR) is 100 cm³/mol. The molecule has 3 aromatic rings. The Hall–Kier alpha value is -1.92. The highest BCUT2D eigenvalue weighted by molar-refractivity contribution is 7.17. The van der Waals surface area contributed by atoms with Gasteiger partial charge in [-0.05, 0) is 30.4 Å². The number of aromatic nitrogens is 3. The Bertz CT molecular complexity index is 826. The van der Waals surface area contributed by atoms with Crippen LogP contribution in [0.2, 0.25) is 5.02 Å². The van der Waals surface area contributed by atoms with Crippen LogP contribution in [-0.2, 0) is 0 Å². The lowest BCUT2D eigenvalue weighted by atomic mass is 10.0. The third-order valence-electron chi connectivity index (χ3n) is 4.59. The second-order valence-electron chi connectivity index (χ2n) is 6.00. The van der Waals surface area contributed by atoms with Crippen molar-refractivity contribution >= 4 is 44.8 Å². The van der Waals surface area contributed by atoms with E-state index in [9.17, 15) is 0 Å². The molecule has 1 fully saturated rings. The molecule has 5 nitrogen and oxygen atoms in total. The second-order valence-corrected chi connectivity index (χ2v) is 7.38. The number of piperidine rings is 1. The molecule has 0 radical (unpaired) electrons. The zero-order valence-corrected chi connectivity index (χ0v) is 15.0. The van der Waals surface area contributed by atoms with Gasteiger partial charge in [-0.15, -0.1) is 11.3 Å². The lowest BCUT2D eigenvalue weighted by Crippen LogP contribution is -2.44. The van der Waals surface area contributed by atoms with Crippen LogP contribution < -0.4 is 9.80 Å². The van der Waals surface area contributed by atoms with Crippen LogP contribution in [0.5, 0.6) is 0 Å². The minimum atomic E-state index is 0.434. The van der Waals surface area contributed by atoms with E-state index >= 15 is 0 Å². The summed E-state index contributed by atoms with van der Waals surface area (Å²) in [5.74, 6) is 1.84. The molecule has 0 bridgehead atoms. The molecule has 4 heterocycles. The first-order chi connectivity index (χ1) is 11.7. The average molecular weight is 360 g/mol. The summed E-state index contributed by atoms with van der Waals surface area (Å²) in [4.78, 5) is 17.8. The zero-order valence-electron chi connectivity index (χ0n) is 13.4. The average Bonchev–Trinajstić information content (AvgIpc) is 3.11. The fourth-order valence-corrected chi connectivity index (χ4v) is 4.12. The van der Waals surface area contributed by atoms with E-state index in [2.05, 4.69) is 49.3 Å². The molecule has 3 aromatic heterocycles. The van der Waals surface area contributed by atoms with Gasteiger partial charge in [0.15, 0.2) is 0 Å². The summed E-state index contributed by atoms with van der Waals surface area (Å²) in [6, 6.07) is 4.69. The Balaban J connectivity index is 1.47. The van der Waals surface area contributed by atoms with E-state index in [0.717, 1.165) is 37.7 Å². The number of hydrogen-bond acceptors (Lipinski definition) is 6. The SMILES string of the molecule is CN(c1ncc(Cl)cn1)C1CCN(c2nccc3sccc23)CC1. The van der Waals surface area contributed by atoms with Crippen LogP contribution in [0, 0.1) is 0 Å². The van der Waals surface area contributed by atoms with Gasteiger partial charge in [0.2, 0.25) is 5.95 Å². The maximum atomic E-state index is 5.87. The molecule has 0 N–H and O–H groups in total. The van der Waals surface area contributed by atoms with E-state index in [1.807, 2.05) is 6.20 Å². The number of hydrogen-bond donors (Lipinski definition) is 0. The maximum absolute atomic E-state index is 5.87. The van der Waals surface area contributed by atoms with E-state index in [-0.39, 0.29) is 0 Å². The molecule has 124 valence electrons. The number of pyridine rings is 1. The lowest BCUT2D eigenvalue weighted by Gasteiger charge is -2.37. The lowest BCUT2D eigenvalue weighted by molar-refractivity contribution is 0.476. The van der Waals surface area contributed by atoms with Crippen molar-refractivity contribution < 1.29 is 0 Å². The van der Waals surface area contributed by atoms with Crippen molar-refractivity contribution in [3.63, 3.8) is 0 Å². The van der Waals surface area contributed by atoms with E-state index in [4.69, 9.17) is 11.6 Å². The van der Waals surface area contributed by atoms with Crippen molar-refractivity contribution in [1.29, 1.82) is 0 Å². The van der Waals surface area contributed by atoms with E-state index in [1.54, 1.807) is 23.7 Å². The van der Waals surface area contributed by atoms with Crippen molar-refractivity contribution in [2.45, 2.75) is 18.9 Å². The van der Waals surface area contributed by atoms with Gasteiger partial charge in [0.1, 0.15) is 5.82 Å². The normalized spacial score (nSPS) is 15.8. The molecule has 7 heteroatoms. The largest absolute Gasteiger partial charge is 0.356 e.